The maximum atomic E-state index is 12.3. The fourth-order valence-electron chi connectivity index (χ4n) is 2.43. The quantitative estimate of drug-likeness (QED) is 0.574. The second kappa shape index (κ2) is 7.16. The molecular weight excluding hydrogens is 348 g/mol. The molecule has 0 bridgehead atoms. The van der Waals surface area contributed by atoms with Crippen LogP contribution in [-0.2, 0) is 0 Å². The first-order chi connectivity index (χ1) is 12.8. The van der Waals surface area contributed by atoms with E-state index in [2.05, 4.69) is 25.7 Å². The lowest BCUT2D eigenvalue weighted by Crippen LogP contribution is -2.19. The molecule has 0 unspecified atom stereocenters. The average Bonchev–Trinajstić information content (AvgIpc) is 3.33. The summed E-state index contributed by atoms with van der Waals surface area (Å²) in [5.74, 6) is 0. The summed E-state index contributed by atoms with van der Waals surface area (Å²) >= 11 is 1.35. The van der Waals surface area contributed by atoms with Gasteiger partial charge in [-0.05, 0) is 24.3 Å². The van der Waals surface area contributed by atoms with E-state index in [9.17, 15) is 4.79 Å². The van der Waals surface area contributed by atoms with E-state index in [0.29, 0.717) is 16.5 Å². The van der Waals surface area contributed by atoms with Crippen molar-refractivity contribution in [3.63, 3.8) is 0 Å². The van der Waals surface area contributed by atoms with Crippen LogP contribution in [0.25, 0.3) is 16.9 Å². The summed E-state index contributed by atoms with van der Waals surface area (Å²) in [7, 11) is 0. The molecule has 0 aliphatic carbocycles. The molecule has 0 atom stereocenters. The largest absolute Gasteiger partial charge is 0.325 e. The third-order valence-electron chi connectivity index (χ3n) is 3.57. The number of urea groups is 1. The second-order valence-corrected chi connectivity index (χ2v) is 6.22. The molecule has 1 aromatic carbocycles. The number of anilines is 2. The van der Waals surface area contributed by atoms with Gasteiger partial charge in [0.2, 0.25) is 0 Å². The molecule has 8 heteroatoms. The van der Waals surface area contributed by atoms with Gasteiger partial charge in [0.1, 0.15) is 5.69 Å². The van der Waals surface area contributed by atoms with Crippen LogP contribution >= 0.6 is 11.3 Å². The van der Waals surface area contributed by atoms with E-state index in [1.807, 2.05) is 42.5 Å². The van der Waals surface area contributed by atoms with Crippen LogP contribution in [0.3, 0.4) is 0 Å². The van der Waals surface area contributed by atoms with Crippen LogP contribution in [-0.4, -0.2) is 25.8 Å². The van der Waals surface area contributed by atoms with Gasteiger partial charge in [-0.3, -0.25) is 10.3 Å². The minimum Gasteiger partial charge on any atom is -0.304 e. The topological polar surface area (TPSA) is 84.7 Å². The van der Waals surface area contributed by atoms with E-state index < -0.39 is 0 Å². The molecular formula is C18H14N6OS. The highest BCUT2D eigenvalue weighted by Gasteiger charge is 2.15. The standard InChI is InChI=1S/C18H14N6OS/c25-17(22-18-20-9-10-26-18)21-15-12-24(14-6-2-1-3-7-14)23-16(15)13-5-4-8-19-11-13/h1-12H,(H2,20,21,22,25). The summed E-state index contributed by atoms with van der Waals surface area (Å²) in [4.78, 5) is 20.5. The van der Waals surface area contributed by atoms with Gasteiger partial charge in [0.25, 0.3) is 0 Å². The molecule has 26 heavy (non-hydrogen) atoms. The van der Waals surface area contributed by atoms with E-state index in [1.54, 1.807) is 34.8 Å². The zero-order chi connectivity index (χ0) is 17.8. The fraction of sp³-hybridized carbons (Fsp3) is 0. The highest BCUT2D eigenvalue weighted by Crippen LogP contribution is 2.27. The van der Waals surface area contributed by atoms with Crippen molar-refractivity contribution in [3.05, 3.63) is 72.6 Å². The lowest BCUT2D eigenvalue weighted by atomic mass is 10.2. The van der Waals surface area contributed by atoms with Crippen LogP contribution in [0, 0.1) is 0 Å². The lowest BCUT2D eigenvalue weighted by Gasteiger charge is -2.05. The summed E-state index contributed by atoms with van der Waals surface area (Å²) < 4.78 is 1.72. The van der Waals surface area contributed by atoms with Gasteiger partial charge in [-0.15, -0.1) is 11.3 Å². The van der Waals surface area contributed by atoms with Crippen molar-refractivity contribution in [2.75, 3.05) is 10.6 Å². The Kier molecular flexibility index (Phi) is 4.40. The molecule has 2 N–H and O–H groups in total. The molecule has 7 nitrogen and oxygen atoms in total. The Hall–Kier alpha value is -3.52. The number of nitrogens with one attached hydrogen (secondary N) is 2. The van der Waals surface area contributed by atoms with E-state index in [1.165, 1.54) is 11.3 Å². The van der Waals surface area contributed by atoms with Crippen molar-refractivity contribution in [1.29, 1.82) is 0 Å². The Morgan fingerprint density at radius 2 is 1.92 bits per heavy atom. The molecule has 0 saturated heterocycles. The fourth-order valence-corrected chi connectivity index (χ4v) is 2.95. The number of amides is 2. The van der Waals surface area contributed by atoms with Gasteiger partial charge in [0.05, 0.1) is 17.6 Å². The van der Waals surface area contributed by atoms with Crippen LogP contribution in [0.4, 0.5) is 15.6 Å². The summed E-state index contributed by atoms with van der Waals surface area (Å²) in [6, 6.07) is 13.0. The maximum Gasteiger partial charge on any atom is 0.325 e. The van der Waals surface area contributed by atoms with Crippen LogP contribution in [0.1, 0.15) is 0 Å². The molecule has 0 aliphatic rings. The SMILES string of the molecule is O=C(Nc1nccs1)Nc1cn(-c2ccccc2)nc1-c1cccnc1. The highest BCUT2D eigenvalue weighted by atomic mass is 32.1. The zero-order valence-electron chi connectivity index (χ0n) is 13.5. The molecule has 3 aromatic heterocycles. The Bertz CT molecular complexity index is 999. The number of pyridine rings is 1. The summed E-state index contributed by atoms with van der Waals surface area (Å²) in [5.41, 5.74) is 2.92. The first-order valence-electron chi connectivity index (χ1n) is 7.82. The first kappa shape index (κ1) is 16.0. The molecule has 2 amide bonds. The van der Waals surface area contributed by atoms with Crippen molar-refractivity contribution >= 4 is 28.2 Å². The predicted molar refractivity (Wildman–Crippen MR) is 102 cm³/mol. The van der Waals surface area contributed by atoms with Gasteiger partial charge in [-0.2, -0.15) is 5.10 Å². The Balaban J connectivity index is 1.67. The smallest absolute Gasteiger partial charge is 0.304 e. The molecule has 0 spiro atoms. The van der Waals surface area contributed by atoms with E-state index in [-0.39, 0.29) is 6.03 Å². The van der Waals surface area contributed by atoms with Gasteiger partial charge >= 0.3 is 6.03 Å². The van der Waals surface area contributed by atoms with Crippen molar-refractivity contribution < 1.29 is 4.79 Å². The first-order valence-corrected chi connectivity index (χ1v) is 8.70. The van der Waals surface area contributed by atoms with Gasteiger partial charge in [-0.1, -0.05) is 18.2 Å². The molecule has 4 rings (SSSR count). The van der Waals surface area contributed by atoms with Gasteiger partial charge in [-0.25, -0.2) is 14.5 Å². The number of nitrogens with zero attached hydrogens (tertiary/aromatic N) is 4. The molecule has 0 radical (unpaired) electrons. The molecule has 3 heterocycles. The summed E-state index contributed by atoms with van der Waals surface area (Å²) in [6.07, 6.45) is 6.81. The third-order valence-corrected chi connectivity index (χ3v) is 4.26. The summed E-state index contributed by atoms with van der Waals surface area (Å²) in [5, 5.41) is 12.5. The molecule has 0 aliphatic heterocycles. The average molecular weight is 362 g/mol. The lowest BCUT2D eigenvalue weighted by molar-refractivity contribution is 0.262. The molecule has 0 fully saturated rings. The Morgan fingerprint density at radius 1 is 1.04 bits per heavy atom. The minimum atomic E-state index is -0.377. The van der Waals surface area contributed by atoms with Crippen LogP contribution < -0.4 is 10.6 Å². The zero-order valence-corrected chi connectivity index (χ0v) is 14.4. The number of benzene rings is 1. The number of carbonyl (C=O) groups is 1. The molecule has 4 aromatic rings. The van der Waals surface area contributed by atoms with Crippen molar-refractivity contribution in [2.24, 2.45) is 0 Å². The Morgan fingerprint density at radius 3 is 2.65 bits per heavy atom. The van der Waals surface area contributed by atoms with Gasteiger partial charge < -0.3 is 5.32 Å². The number of hydrogen-bond donors (Lipinski definition) is 2. The monoisotopic (exact) mass is 362 g/mol. The number of hydrogen-bond acceptors (Lipinski definition) is 5. The van der Waals surface area contributed by atoms with E-state index in [0.717, 1.165) is 11.3 Å². The normalized spacial score (nSPS) is 10.5. The number of thiazole rings is 1. The predicted octanol–water partition coefficient (Wildman–Crippen LogP) is 4.03. The molecule has 0 saturated carbocycles. The van der Waals surface area contributed by atoms with Crippen molar-refractivity contribution in [2.45, 2.75) is 0 Å². The van der Waals surface area contributed by atoms with Gasteiger partial charge in [0, 0.05) is 29.5 Å². The van der Waals surface area contributed by atoms with Crippen molar-refractivity contribution in [3.8, 4) is 16.9 Å². The second-order valence-electron chi connectivity index (χ2n) is 5.33. The van der Waals surface area contributed by atoms with Crippen LogP contribution in [0.2, 0.25) is 0 Å². The van der Waals surface area contributed by atoms with Crippen LogP contribution in [0.5, 0.6) is 0 Å². The minimum absolute atomic E-state index is 0.377. The number of aromatic nitrogens is 4. The number of para-hydroxylation sites is 1. The number of rotatable bonds is 4. The van der Waals surface area contributed by atoms with E-state index >= 15 is 0 Å². The van der Waals surface area contributed by atoms with E-state index in [4.69, 9.17) is 0 Å². The highest BCUT2D eigenvalue weighted by molar-refractivity contribution is 7.13. The molecule has 128 valence electrons. The third kappa shape index (κ3) is 3.45. The Labute approximate surface area is 153 Å². The van der Waals surface area contributed by atoms with Crippen LogP contribution in [0.15, 0.2) is 72.6 Å². The summed E-state index contributed by atoms with van der Waals surface area (Å²) in [6.45, 7) is 0. The van der Waals surface area contributed by atoms with Gasteiger partial charge in [0.15, 0.2) is 5.13 Å². The number of carbonyl (C=O) groups excluding carboxylic acids is 1. The maximum absolute atomic E-state index is 12.3. The van der Waals surface area contributed by atoms with Crippen molar-refractivity contribution in [1.82, 2.24) is 19.7 Å².